The molecule has 4 rings (SSSR count). The Balaban J connectivity index is 1.89. The normalized spacial score (nSPS) is 11.4. The van der Waals surface area contributed by atoms with Crippen LogP contribution in [0.15, 0.2) is 53.5 Å². The van der Waals surface area contributed by atoms with Crippen molar-refractivity contribution < 1.29 is 4.79 Å². The summed E-state index contributed by atoms with van der Waals surface area (Å²) in [5, 5.41) is 12.3. The highest BCUT2D eigenvalue weighted by atomic mass is 35.5. The number of aromatic nitrogens is 3. The van der Waals surface area contributed by atoms with Crippen LogP contribution in [0.4, 0.5) is 0 Å². The number of benzene rings is 1. The van der Waals surface area contributed by atoms with Gasteiger partial charge in [-0.1, -0.05) is 35.9 Å². The number of hydrogen-bond donors (Lipinski definition) is 2. The molecule has 2 N–H and O–H groups in total. The molecule has 3 aromatic heterocycles. The highest BCUT2D eigenvalue weighted by Crippen LogP contribution is 2.17. The highest BCUT2D eigenvalue weighted by Gasteiger charge is 2.19. The molecular formula is C23H22ClN5O2. The summed E-state index contributed by atoms with van der Waals surface area (Å²) in [7, 11) is 0. The standard InChI is InChI=1S/C23H22ClN5O2/c1-13(2)29-19(25)16(22(30)26-12-15-8-4-5-9-18(15)24)11-17-21(29)27-20-14(3)7-6-10-28(20)23(17)31/h4-11,13,25H,12H2,1-3H3,(H,26,30). The SMILES string of the molecule is Cc1cccn2c(=O)c3cc(C(=O)NCc4ccccc4Cl)c(=N)n(C(C)C)c3nc12. The molecule has 0 aliphatic carbocycles. The van der Waals surface area contributed by atoms with E-state index in [9.17, 15) is 9.59 Å². The molecule has 0 fully saturated rings. The second kappa shape index (κ2) is 8.00. The van der Waals surface area contributed by atoms with Crippen LogP contribution < -0.4 is 16.4 Å². The largest absolute Gasteiger partial charge is 0.348 e. The Kier molecular flexibility index (Phi) is 5.37. The number of rotatable bonds is 4. The third kappa shape index (κ3) is 3.61. The molecule has 0 unspecified atom stereocenters. The van der Waals surface area contributed by atoms with Crippen molar-refractivity contribution in [3.05, 3.63) is 86.2 Å². The number of nitrogens with one attached hydrogen (secondary N) is 2. The lowest BCUT2D eigenvalue weighted by atomic mass is 10.1. The topological polar surface area (TPSA) is 92.3 Å². The van der Waals surface area contributed by atoms with Crippen molar-refractivity contribution in [2.75, 3.05) is 0 Å². The molecule has 0 saturated carbocycles. The number of pyridine rings is 2. The van der Waals surface area contributed by atoms with Gasteiger partial charge in [-0.2, -0.15) is 0 Å². The third-order valence-electron chi connectivity index (χ3n) is 5.24. The summed E-state index contributed by atoms with van der Waals surface area (Å²) >= 11 is 6.17. The summed E-state index contributed by atoms with van der Waals surface area (Å²) in [5.41, 5.74) is 2.38. The Bertz CT molecular complexity index is 1450. The Morgan fingerprint density at radius 1 is 1.19 bits per heavy atom. The second-order valence-electron chi connectivity index (χ2n) is 7.68. The molecule has 1 amide bonds. The van der Waals surface area contributed by atoms with Crippen molar-refractivity contribution in [3.63, 3.8) is 0 Å². The maximum absolute atomic E-state index is 13.2. The minimum absolute atomic E-state index is 0.00370. The van der Waals surface area contributed by atoms with Gasteiger partial charge in [0.2, 0.25) is 0 Å². The zero-order valence-corrected chi connectivity index (χ0v) is 18.2. The van der Waals surface area contributed by atoms with Gasteiger partial charge in [0.1, 0.15) is 16.8 Å². The molecule has 0 bridgehead atoms. The van der Waals surface area contributed by atoms with E-state index in [4.69, 9.17) is 17.0 Å². The number of fused-ring (bicyclic) bond motifs is 2. The van der Waals surface area contributed by atoms with Gasteiger partial charge in [-0.3, -0.25) is 19.4 Å². The molecule has 0 saturated heterocycles. The van der Waals surface area contributed by atoms with E-state index in [1.165, 1.54) is 10.5 Å². The zero-order valence-electron chi connectivity index (χ0n) is 17.4. The van der Waals surface area contributed by atoms with Crippen LogP contribution in [0.3, 0.4) is 0 Å². The van der Waals surface area contributed by atoms with E-state index in [0.717, 1.165) is 11.1 Å². The van der Waals surface area contributed by atoms with E-state index < -0.39 is 5.91 Å². The number of halogens is 1. The molecule has 0 spiro atoms. The second-order valence-corrected chi connectivity index (χ2v) is 8.09. The van der Waals surface area contributed by atoms with E-state index in [2.05, 4.69) is 10.3 Å². The van der Waals surface area contributed by atoms with Crippen molar-refractivity contribution in [2.24, 2.45) is 0 Å². The molecular weight excluding hydrogens is 414 g/mol. The summed E-state index contributed by atoms with van der Waals surface area (Å²) in [6, 6.07) is 12.2. The predicted molar refractivity (Wildman–Crippen MR) is 121 cm³/mol. The van der Waals surface area contributed by atoms with Gasteiger partial charge in [0, 0.05) is 23.8 Å². The predicted octanol–water partition coefficient (Wildman–Crippen LogP) is 3.60. The first-order valence-electron chi connectivity index (χ1n) is 9.93. The van der Waals surface area contributed by atoms with E-state index in [0.29, 0.717) is 16.3 Å². The molecule has 158 valence electrons. The first kappa shape index (κ1) is 20.8. The Hall–Kier alpha value is -3.45. The van der Waals surface area contributed by atoms with Gasteiger partial charge in [-0.15, -0.1) is 0 Å². The Morgan fingerprint density at radius 2 is 1.94 bits per heavy atom. The number of carbonyl (C=O) groups is 1. The van der Waals surface area contributed by atoms with E-state index in [1.54, 1.807) is 22.9 Å². The molecule has 0 aliphatic heterocycles. The molecule has 0 aliphatic rings. The molecule has 31 heavy (non-hydrogen) atoms. The summed E-state index contributed by atoms with van der Waals surface area (Å²) < 4.78 is 3.09. The lowest BCUT2D eigenvalue weighted by molar-refractivity contribution is 0.0948. The lowest BCUT2D eigenvalue weighted by Crippen LogP contribution is -2.35. The Morgan fingerprint density at radius 3 is 2.65 bits per heavy atom. The maximum atomic E-state index is 13.2. The van der Waals surface area contributed by atoms with Gasteiger partial charge in [-0.05, 0) is 50.1 Å². The first-order valence-corrected chi connectivity index (χ1v) is 10.3. The van der Waals surface area contributed by atoms with Gasteiger partial charge in [0.25, 0.3) is 11.5 Å². The van der Waals surface area contributed by atoms with Gasteiger partial charge < -0.3 is 9.88 Å². The van der Waals surface area contributed by atoms with Crippen LogP contribution in [0.2, 0.25) is 5.02 Å². The smallest absolute Gasteiger partial charge is 0.267 e. The van der Waals surface area contributed by atoms with Crippen molar-refractivity contribution in [1.82, 2.24) is 19.3 Å². The molecule has 7 nitrogen and oxygen atoms in total. The van der Waals surface area contributed by atoms with Crippen molar-refractivity contribution in [1.29, 1.82) is 5.41 Å². The molecule has 3 heterocycles. The maximum Gasteiger partial charge on any atom is 0.267 e. The fourth-order valence-electron chi connectivity index (χ4n) is 3.65. The van der Waals surface area contributed by atoms with Crippen molar-refractivity contribution in [3.8, 4) is 0 Å². The molecule has 0 radical (unpaired) electrons. The van der Waals surface area contributed by atoms with Crippen LogP contribution in [0, 0.1) is 12.3 Å². The number of hydrogen-bond acceptors (Lipinski definition) is 4. The van der Waals surface area contributed by atoms with E-state index in [1.807, 2.05) is 45.0 Å². The minimum Gasteiger partial charge on any atom is -0.348 e. The van der Waals surface area contributed by atoms with Crippen molar-refractivity contribution in [2.45, 2.75) is 33.4 Å². The monoisotopic (exact) mass is 435 g/mol. The zero-order chi connectivity index (χ0) is 22.3. The average Bonchev–Trinajstić information content (AvgIpc) is 2.73. The molecule has 4 aromatic rings. The minimum atomic E-state index is -0.449. The Labute approximate surface area is 183 Å². The van der Waals surface area contributed by atoms with Crippen LogP contribution in [0.1, 0.15) is 41.4 Å². The fraction of sp³-hybridized carbons (Fsp3) is 0.217. The van der Waals surface area contributed by atoms with Gasteiger partial charge >= 0.3 is 0 Å². The lowest BCUT2D eigenvalue weighted by Gasteiger charge is -2.18. The van der Waals surface area contributed by atoms with Gasteiger partial charge in [0.15, 0.2) is 0 Å². The molecule has 0 atom stereocenters. The van der Waals surface area contributed by atoms with E-state index >= 15 is 0 Å². The van der Waals surface area contributed by atoms with Crippen LogP contribution in [0.25, 0.3) is 16.7 Å². The van der Waals surface area contributed by atoms with Crippen LogP contribution >= 0.6 is 11.6 Å². The quantitative estimate of drug-likeness (QED) is 0.480. The van der Waals surface area contributed by atoms with Crippen molar-refractivity contribution >= 4 is 34.2 Å². The number of nitrogens with zero attached hydrogens (tertiary/aromatic N) is 3. The average molecular weight is 436 g/mol. The molecule has 8 heteroatoms. The summed E-state index contributed by atoms with van der Waals surface area (Å²) in [6.45, 7) is 5.88. The summed E-state index contributed by atoms with van der Waals surface area (Å²) in [6.07, 6.45) is 1.66. The number of aryl methyl sites for hydroxylation is 1. The van der Waals surface area contributed by atoms with E-state index in [-0.39, 0.29) is 34.6 Å². The number of amides is 1. The third-order valence-corrected chi connectivity index (χ3v) is 5.60. The van der Waals surface area contributed by atoms with Crippen LogP contribution in [-0.2, 0) is 6.54 Å². The summed E-state index contributed by atoms with van der Waals surface area (Å²) in [4.78, 5) is 30.9. The molecule has 1 aromatic carbocycles. The highest BCUT2D eigenvalue weighted by molar-refractivity contribution is 6.31. The van der Waals surface area contributed by atoms with Gasteiger partial charge in [-0.25, -0.2) is 4.98 Å². The summed E-state index contributed by atoms with van der Waals surface area (Å²) in [5.74, 6) is -0.449. The fourth-order valence-corrected chi connectivity index (χ4v) is 3.85. The first-order chi connectivity index (χ1) is 14.8. The number of carbonyl (C=O) groups excluding carboxylic acids is 1. The van der Waals surface area contributed by atoms with Crippen LogP contribution in [0.5, 0.6) is 0 Å². The van der Waals surface area contributed by atoms with Gasteiger partial charge in [0.05, 0.1) is 10.9 Å². The van der Waals surface area contributed by atoms with Crippen LogP contribution in [-0.4, -0.2) is 19.9 Å².